The van der Waals surface area contributed by atoms with Crippen molar-refractivity contribution in [1.29, 1.82) is 0 Å². The van der Waals surface area contributed by atoms with Crippen molar-refractivity contribution < 1.29 is 14.9 Å². The molecule has 0 spiro atoms. The van der Waals surface area contributed by atoms with Gasteiger partial charge in [-0.25, -0.2) is 0 Å². The normalized spacial score (nSPS) is 25.9. The Bertz CT molecular complexity index is 339. The van der Waals surface area contributed by atoms with Crippen molar-refractivity contribution >= 4 is 0 Å². The molecule has 1 heterocycles. The van der Waals surface area contributed by atoms with Crippen LogP contribution in [0.25, 0.3) is 0 Å². The van der Waals surface area contributed by atoms with Crippen LogP contribution < -0.4 is 0 Å². The summed E-state index contributed by atoms with van der Waals surface area (Å²) in [7, 11) is 0. The zero-order valence-corrected chi connectivity index (χ0v) is 10.7. The topological polar surface area (TPSA) is 49.7 Å². The fourth-order valence-corrected chi connectivity index (χ4v) is 2.42. The standard InChI is InChI=1S/C15H22O3/c16-13(7-6-12-4-2-1-3-5-12)10-15-11-14(17)8-9-18-15/h1-5,13-17H,6-11H2. The second kappa shape index (κ2) is 6.88. The molecule has 0 radical (unpaired) electrons. The molecule has 2 rings (SSSR count). The first-order valence-electron chi connectivity index (χ1n) is 6.75. The molecule has 1 aliphatic heterocycles. The third-order valence-electron chi connectivity index (χ3n) is 3.48. The van der Waals surface area contributed by atoms with Gasteiger partial charge in [0.25, 0.3) is 0 Å². The van der Waals surface area contributed by atoms with E-state index in [1.54, 1.807) is 0 Å². The van der Waals surface area contributed by atoms with Crippen LogP contribution in [0.5, 0.6) is 0 Å². The smallest absolute Gasteiger partial charge is 0.0624 e. The van der Waals surface area contributed by atoms with Crippen molar-refractivity contribution in [2.75, 3.05) is 6.61 Å². The van der Waals surface area contributed by atoms with Gasteiger partial charge in [-0.15, -0.1) is 0 Å². The van der Waals surface area contributed by atoms with Gasteiger partial charge >= 0.3 is 0 Å². The van der Waals surface area contributed by atoms with Crippen molar-refractivity contribution in [1.82, 2.24) is 0 Å². The van der Waals surface area contributed by atoms with Gasteiger partial charge in [-0.2, -0.15) is 0 Å². The van der Waals surface area contributed by atoms with Gasteiger partial charge in [0.1, 0.15) is 0 Å². The van der Waals surface area contributed by atoms with E-state index in [2.05, 4.69) is 12.1 Å². The number of hydrogen-bond donors (Lipinski definition) is 2. The Kier molecular flexibility index (Phi) is 5.17. The van der Waals surface area contributed by atoms with Gasteiger partial charge in [-0.3, -0.25) is 0 Å². The lowest BCUT2D eigenvalue weighted by atomic mass is 9.98. The third kappa shape index (κ3) is 4.41. The first-order chi connectivity index (χ1) is 8.74. The third-order valence-corrected chi connectivity index (χ3v) is 3.48. The van der Waals surface area contributed by atoms with Crippen molar-refractivity contribution in [3.63, 3.8) is 0 Å². The molecule has 1 aromatic carbocycles. The van der Waals surface area contributed by atoms with Crippen molar-refractivity contribution in [3.05, 3.63) is 35.9 Å². The number of aliphatic hydroxyl groups excluding tert-OH is 2. The Morgan fingerprint density at radius 2 is 2.06 bits per heavy atom. The summed E-state index contributed by atoms with van der Waals surface area (Å²) in [4.78, 5) is 0. The highest BCUT2D eigenvalue weighted by Crippen LogP contribution is 2.19. The summed E-state index contributed by atoms with van der Waals surface area (Å²) in [5.41, 5.74) is 1.25. The Morgan fingerprint density at radius 1 is 1.28 bits per heavy atom. The molecule has 18 heavy (non-hydrogen) atoms. The molecule has 0 saturated carbocycles. The molecule has 0 amide bonds. The van der Waals surface area contributed by atoms with Gasteiger partial charge in [-0.05, 0) is 37.7 Å². The molecule has 100 valence electrons. The monoisotopic (exact) mass is 250 g/mol. The van der Waals surface area contributed by atoms with Crippen molar-refractivity contribution in [2.24, 2.45) is 0 Å². The predicted molar refractivity (Wildman–Crippen MR) is 70.4 cm³/mol. The van der Waals surface area contributed by atoms with Crippen LogP contribution in [-0.2, 0) is 11.2 Å². The van der Waals surface area contributed by atoms with Gasteiger partial charge < -0.3 is 14.9 Å². The minimum absolute atomic E-state index is 0.0134. The van der Waals surface area contributed by atoms with E-state index in [1.807, 2.05) is 18.2 Å². The van der Waals surface area contributed by atoms with E-state index in [4.69, 9.17) is 4.74 Å². The molecular formula is C15H22O3. The average Bonchev–Trinajstić information content (AvgIpc) is 2.38. The summed E-state index contributed by atoms with van der Waals surface area (Å²) in [6.07, 6.45) is 3.05. The molecule has 2 N–H and O–H groups in total. The maximum absolute atomic E-state index is 9.99. The zero-order chi connectivity index (χ0) is 12.8. The summed E-state index contributed by atoms with van der Waals surface area (Å²) >= 11 is 0. The highest BCUT2D eigenvalue weighted by atomic mass is 16.5. The Balaban J connectivity index is 1.70. The van der Waals surface area contributed by atoms with Crippen LogP contribution in [0.4, 0.5) is 0 Å². The molecule has 0 aromatic heterocycles. The van der Waals surface area contributed by atoms with E-state index >= 15 is 0 Å². The van der Waals surface area contributed by atoms with Crippen LogP contribution in [-0.4, -0.2) is 35.1 Å². The van der Waals surface area contributed by atoms with Gasteiger partial charge in [0.2, 0.25) is 0 Å². The van der Waals surface area contributed by atoms with E-state index in [9.17, 15) is 10.2 Å². The van der Waals surface area contributed by atoms with E-state index in [-0.39, 0.29) is 18.3 Å². The second-order valence-corrected chi connectivity index (χ2v) is 5.08. The van der Waals surface area contributed by atoms with Gasteiger partial charge in [0.15, 0.2) is 0 Å². The number of aryl methyl sites for hydroxylation is 1. The first-order valence-corrected chi connectivity index (χ1v) is 6.75. The lowest BCUT2D eigenvalue weighted by molar-refractivity contribution is -0.0618. The number of rotatable bonds is 5. The molecule has 3 unspecified atom stereocenters. The van der Waals surface area contributed by atoms with E-state index in [0.717, 1.165) is 19.3 Å². The van der Waals surface area contributed by atoms with E-state index < -0.39 is 0 Å². The summed E-state index contributed by atoms with van der Waals surface area (Å²) < 4.78 is 5.55. The molecule has 3 heteroatoms. The SMILES string of the molecule is OC1CCOC(CC(O)CCc2ccccc2)C1. The highest BCUT2D eigenvalue weighted by Gasteiger charge is 2.23. The molecule has 0 bridgehead atoms. The van der Waals surface area contributed by atoms with Crippen molar-refractivity contribution in [2.45, 2.75) is 50.4 Å². The van der Waals surface area contributed by atoms with Crippen LogP contribution >= 0.6 is 0 Å². The predicted octanol–water partition coefficient (Wildman–Crippen LogP) is 1.91. The van der Waals surface area contributed by atoms with Crippen LogP contribution in [0, 0.1) is 0 Å². The molecule has 3 atom stereocenters. The van der Waals surface area contributed by atoms with Crippen LogP contribution in [0.15, 0.2) is 30.3 Å². The largest absolute Gasteiger partial charge is 0.393 e. The molecule has 1 fully saturated rings. The summed E-state index contributed by atoms with van der Waals surface area (Å²) in [5, 5.41) is 19.5. The van der Waals surface area contributed by atoms with Crippen LogP contribution in [0.2, 0.25) is 0 Å². The maximum Gasteiger partial charge on any atom is 0.0624 e. The molecule has 1 saturated heterocycles. The lowest BCUT2D eigenvalue weighted by Gasteiger charge is -2.28. The maximum atomic E-state index is 9.99. The zero-order valence-electron chi connectivity index (χ0n) is 10.7. The molecular weight excluding hydrogens is 228 g/mol. The summed E-state index contributed by atoms with van der Waals surface area (Å²) in [6, 6.07) is 10.2. The fourth-order valence-electron chi connectivity index (χ4n) is 2.42. The Labute approximate surface area is 108 Å². The molecule has 1 aliphatic rings. The van der Waals surface area contributed by atoms with E-state index in [0.29, 0.717) is 19.4 Å². The Morgan fingerprint density at radius 3 is 2.78 bits per heavy atom. The molecule has 1 aromatic rings. The van der Waals surface area contributed by atoms with Crippen molar-refractivity contribution in [3.8, 4) is 0 Å². The minimum Gasteiger partial charge on any atom is -0.393 e. The summed E-state index contributed by atoms with van der Waals surface area (Å²) in [6.45, 7) is 0.608. The number of benzene rings is 1. The van der Waals surface area contributed by atoms with E-state index in [1.165, 1.54) is 5.56 Å². The fraction of sp³-hybridized carbons (Fsp3) is 0.600. The van der Waals surface area contributed by atoms with Gasteiger partial charge in [-0.1, -0.05) is 30.3 Å². The number of hydrogen-bond acceptors (Lipinski definition) is 3. The molecule has 0 aliphatic carbocycles. The summed E-state index contributed by atoms with van der Waals surface area (Å²) in [5.74, 6) is 0. The van der Waals surface area contributed by atoms with Crippen LogP contribution in [0.3, 0.4) is 0 Å². The highest BCUT2D eigenvalue weighted by molar-refractivity contribution is 5.14. The average molecular weight is 250 g/mol. The van der Waals surface area contributed by atoms with Gasteiger partial charge in [0, 0.05) is 6.61 Å². The second-order valence-electron chi connectivity index (χ2n) is 5.08. The first kappa shape index (κ1) is 13.5. The minimum atomic E-state index is -0.347. The van der Waals surface area contributed by atoms with Gasteiger partial charge in [0.05, 0.1) is 18.3 Å². The van der Waals surface area contributed by atoms with Crippen LogP contribution in [0.1, 0.15) is 31.2 Å². The number of aliphatic hydroxyl groups is 2. The molecule has 3 nitrogen and oxygen atoms in total. The lowest BCUT2D eigenvalue weighted by Crippen LogP contribution is -2.31. The number of ether oxygens (including phenoxy) is 1. The Hall–Kier alpha value is -0.900. The quantitative estimate of drug-likeness (QED) is 0.839.